The number of nitrogens with zero attached hydrogens (tertiary/aromatic N) is 3. The van der Waals surface area contributed by atoms with Crippen LogP contribution in [0.15, 0.2) is 34.1 Å². The molecule has 5 heteroatoms. The van der Waals surface area contributed by atoms with Crippen molar-refractivity contribution >= 4 is 23.1 Å². The van der Waals surface area contributed by atoms with Gasteiger partial charge in [0.25, 0.3) is 5.56 Å². The Morgan fingerprint density at radius 3 is 2.62 bits per heavy atom. The zero-order chi connectivity index (χ0) is 14.8. The average molecular weight is 301 g/mol. The fourth-order valence-electron chi connectivity index (χ4n) is 2.59. The molecule has 0 saturated carbocycles. The number of rotatable bonds is 4. The van der Waals surface area contributed by atoms with Gasteiger partial charge in [0, 0.05) is 25.3 Å². The van der Waals surface area contributed by atoms with Gasteiger partial charge < -0.3 is 4.90 Å². The van der Waals surface area contributed by atoms with E-state index in [9.17, 15) is 4.79 Å². The van der Waals surface area contributed by atoms with Gasteiger partial charge in [0.1, 0.15) is 0 Å². The predicted molar refractivity (Wildman–Crippen MR) is 87.8 cm³/mol. The Bertz CT molecular complexity index is 798. The lowest BCUT2D eigenvalue weighted by molar-refractivity contribution is 0.740. The summed E-state index contributed by atoms with van der Waals surface area (Å²) >= 11 is 1.48. The highest BCUT2D eigenvalue weighted by Crippen LogP contribution is 2.15. The third-order valence-electron chi connectivity index (χ3n) is 3.78. The van der Waals surface area contributed by atoms with Gasteiger partial charge in [-0.1, -0.05) is 23.5 Å². The molecule has 1 aromatic carbocycles. The standard InChI is InChI=1S/C16H19N3OS/c1-3-18(4-2)13-7-5-12(6-8-13)11-14-15(20)19-10-9-17-16(19)21-14/h5-8,11H,3-4,9-10H2,1-2H3/b14-11+. The monoisotopic (exact) mass is 301 g/mol. The van der Waals surface area contributed by atoms with Crippen LogP contribution in [0.1, 0.15) is 19.4 Å². The van der Waals surface area contributed by atoms with Gasteiger partial charge in [0.15, 0.2) is 4.80 Å². The minimum Gasteiger partial charge on any atom is -0.372 e. The molecule has 2 aromatic rings. The maximum absolute atomic E-state index is 12.2. The zero-order valence-electron chi connectivity index (χ0n) is 12.4. The molecule has 0 radical (unpaired) electrons. The number of benzene rings is 1. The smallest absolute Gasteiger partial charge is 0.270 e. The van der Waals surface area contributed by atoms with Crippen LogP contribution in [0.5, 0.6) is 0 Å². The van der Waals surface area contributed by atoms with Crippen molar-refractivity contribution in [3.63, 3.8) is 0 Å². The highest BCUT2D eigenvalue weighted by atomic mass is 32.1. The molecule has 0 bridgehead atoms. The second-order valence-electron chi connectivity index (χ2n) is 5.00. The van der Waals surface area contributed by atoms with Crippen LogP contribution >= 0.6 is 11.3 Å². The molecule has 0 aliphatic carbocycles. The van der Waals surface area contributed by atoms with Gasteiger partial charge in [-0.3, -0.25) is 14.4 Å². The number of aromatic nitrogens is 1. The molecule has 110 valence electrons. The van der Waals surface area contributed by atoms with Gasteiger partial charge in [0.05, 0.1) is 11.1 Å². The van der Waals surface area contributed by atoms with Gasteiger partial charge in [-0.25, -0.2) is 0 Å². The lowest BCUT2D eigenvalue weighted by Gasteiger charge is -2.20. The zero-order valence-corrected chi connectivity index (χ0v) is 13.2. The van der Waals surface area contributed by atoms with Gasteiger partial charge >= 0.3 is 0 Å². The number of hydrogen-bond donors (Lipinski definition) is 0. The quantitative estimate of drug-likeness (QED) is 0.851. The van der Waals surface area contributed by atoms with Crippen LogP contribution in [0, 0.1) is 0 Å². The van der Waals surface area contributed by atoms with E-state index in [2.05, 4.69) is 48.0 Å². The lowest BCUT2D eigenvalue weighted by atomic mass is 10.2. The molecule has 0 unspecified atom stereocenters. The molecule has 1 aromatic heterocycles. The lowest BCUT2D eigenvalue weighted by Crippen LogP contribution is -2.29. The predicted octanol–water partition coefficient (Wildman–Crippen LogP) is 1.22. The van der Waals surface area contributed by atoms with Gasteiger partial charge in [-0.05, 0) is 37.6 Å². The van der Waals surface area contributed by atoms with E-state index in [-0.39, 0.29) is 5.56 Å². The molecule has 0 fully saturated rings. The molecule has 0 spiro atoms. The molecule has 0 atom stereocenters. The Hall–Kier alpha value is -1.88. The van der Waals surface area contributed by atoms with Gasteiger partial charge in [-0.15, -0.1) is 0 Å². The van der Waals surface area contributed by atoms with Crippen LogP contribution in [-0.2, 0) is 6.54 Å². The third-order valence-corrected chi connectivity index (χ3v) is 4.82. The van der Waals surface area contributed by atoms with Crippen molar-refractivity contribution in [3.8, 4) is 0 Å². The summed E-state index contributed by atoms with van der Waals surface area (Å²) in [5, 5.41) is 0. The molecule has 21 heavy (non-hydrogen) atoms. The Labute approximate surface area is 127 Å². The van der Waals surface area contributed by atoms with E-state index in [1.165, 1.54) is 17.0 Å². The topological polar surface area (TPSA) is 37.6 Å². The van der Waals surface area contributed by atoms with Crippen molar-refractivity contribution in [1.29, 1.82) is 0 Å². The second-order valence-corrected chi connectivity index (χ2v) is 6.00. The van der Waals surface area contributed by atoms with Crippen LogP contribution < -0.4 is 19.8 Å². The van der Waals surface area contributed by atoms with Crippen LogP contribution in [0.3, 0.4) is 0 Å². The van der Waals surface area contributed by atoms with Crippen molar-refractivity contribution in [3.05, 3.63) is 49.5 Å². The second kappa shape index (κ2) is 5.85. The van der Waals surface area contributed by atoms with Crippen molar-refractivity contribution < 1.29 is 0 Å². The summed E-state index contributed by atoms with van der Waals surface area (Å²) in [6.07, 6.45) is 1.96. The summed E-state index contributed by atoms with van der Waals surface area (Å²) in [5.41, 5.74) is 2.37. The average Bonchev–Trinajstić information content (AvgIpc) is 3.06. The first-order chi connectivity index (χ1) is 10.2. The number of hydrogen-bond acceptors (Lipinski definition) is 4. The summed E-state index contributed by atoms with van der Waals surface area (Å²) in [7, 11) is 0. The summed E-state index contributed by atoms with van der Waals surface area (Å²) in [6.45, 7) is 7.77. The first-order valence-corrected chi connectivity index (χ1v) is 8.15. The molecular weight excluding hydrogens is 282 g/mol. The van der Waals surface area contributed by atoms with Crippen LogP contribution in [0.25, 0.3) is 6.08 Å². The normalized spacial score (nSPS) is 14.1. The van der Waals surface area contributed by atoms with Crippen molar-refractivity contribution in [2.24, 2.45) is 4.99 Å². The summed E-state index contributed by atoms with van der Waals surface area (Å²) in [6, 6.07) is 8.36. The molecule has 3 rings (SSSR count). The van der Waals surface area contributed by atoms with Gasteiger partial charge in [0.2, 0.25) is 0 Å². The molecule has 4 nitrogen and oxygen atoms in total. The van der Waals surface area contributed by atoms with E-state index in [1.54, 1.807) is 4.57 Å². The van der Waals surface area contributed by atoms with E-state index in [0.717, 1.165) is 41.1 Å². The van der Waals surface area contributed by atoms with E-state index in [0.29, 0.717) is 0 Å². The van der Waals surface area contributed by atoms with Crippen LogP contribution in [-0.4, -0.2) is 24.2 Å². The summed E-state index contributed by atoms with van der Waals surface area (Å²) < 4.78 is 2.53. The maximum atomic E-state index is 12.2. The summed E-state index contributed by atoms with van der Waals surface area (Å²) in [4.78, 5) is 19.7. The molecule has 0 amide bonds. The van der Waals surface area contributed by atoms with E-state index in [1.807, 2.05) is 6.08 Å². The number of fused-ring (bicyclic) bond motifs is 1. The molecular formula is C16H19N3OS. The molecule has 2 heterocycles. The molecule has 0 N–H and O–H groups in total. The highest BCUT2D eigenvalue weighted by Gasteiger charge is 2.09. The van der Waals surface area contributed by atoms with Gasteiger partial charge in [-0.2, -0.15) is 0 Å². The van der Waals surface area contributed by atoms with Crippen LogP contribution in [0.4, 0.5) is 5.69 Å². The fraction of sp³-hybridized carbons (Fsp3) is 0.375. The van der Waals surface area contributed by atoms with E-state index < -0.39 is 0 Å². The Kier molecular flexibility index (Phi) is 3.92. The van der Waals surface area contributed by atoms with E-state index >= 15 is 0 Å². The van der Waals surface area contributed by atoms with Crippen molar-refractivity contribution in [2.75, 3.05) is 24.5 Å². The molecule has 1 aliphatic rings. The molecule has 1 aliphatic heterocycles. The Morgan fingerprint density at radius 2 is 2.00 bits per heavy atom. The molecule has 0 saturated heterocycles. The Morgan fingerprint density at radius 1 is 1.29 bits per heavy atom. The number of thiazole rings is 1. The van der Waals surface area contributed by atoms with E-state index in [4.69, 9.17) is 0 Å². The number of anilines is 1. The van der Waals surface area contributed by atoms with Crippen LogP contribution in [0.2, 0.25) is 0 Å². The van der Waals surface area contributed by atoms with Crippen molar-refractivity contribution in [2.45, 2.75) is 20.4 Å². The minimum absolute atomic E-state index is 0.0871. The minimum atomic E-state index is 0.0871. The fourth-order valence-corrected chi connectivity index (χ4v) is 3.62. The third kappa shape index (κ3) is 2.65. The highest BCUT2D eigenvalue weighted by molar-refractivity contribution is 7.07. The largest absolute Gasteiger partial charge is 0.372 e. The first-order valence-electron chi connectivity index (χ1n) is 7.33. The SMILES string of the molecule is CCN(CC)c1ccc(/C=c2/sc3n(c2=O)CCN=3)cc1. The van der Waals surface area contributed by atoms with Crippen molar-refractivity contribution in [1.82, 2.24) is 4.57 Å². The maximum Gasteiger partial charge on any atom is 0.270 e. The first kappa shape index (κ1) is 14.1. The Balaban J connectivity index is 1.95. The summed E-state index contributed by atoms with van der Waals surface area (Å²) in [5.74, 6) is 0.